The minimum Gasteiger partial charge on any atom is -0.487 e. The Labute approximate surface area is 103 Å². The lowest BCUT2D eigenvalue weighted by atomic mass is 10.3. The highest BCUT2D eigenvalue weighted by molar-refractivity contribution is 9.11. The van der Waals surface area contributed by atoms with E-state index in [4.69, 9.17) is 4.74 Å². The third-order valence-corrected chi connectivity index (χ3v) is 2.39. The summed E-state index contributed by atoms with van der Waals surface area (Å²) in [7, 11) is 0. The van der Waals surface area contributed by atoms with Crippen LogP contribution in [-0.4, -0.2) is 11.5 Å². The van der Waals surface area contributed by atoms with Gasteiger partial charge < -0.3 is 4.74 Å². The van der Waals surface area contributed by atoms with Gasteiger partial charge in [-0.05, 0) is 22.0 Å². The highest BCUT2D eigenvalue weighted by Gasteiger charge is 2.10. The number of benzene rings is 1. The predicted octanol–water partition coefficient (Wildman–Crippen LogP) is 3.64. The molecule has 0 saturated heterocycles. The van der Waals surface area contributed by atoms with Crippen molar-refractivity contribution in [1.29, 1.82) is 0 Å². The highest BCUT2D eigenvalue weighted by atomic mass is 79.9. The van der Waals surface area contributed by atoms with Gasteiger partial charge in [0.15, 0.2) is 0 Å². The van der Waals surface area contributed by atoms with Crippen LogP contribution in [0.25, 0.3) is 0 Å². The zero-order valence-corrected chi connectivity index (χ0v) is 10.7. The van der Waals surface area contributed by atoms with E-state index in [1.54, 1.807) is 6.07 Å². The van der Waals surface area contributed by atoms with E-state index in [-0.39, 0.29) is 12.3 Å². The summed E-state index contributed by atoms with van der Waals surface area (Å²) in [5, 5.41) is 10.5. The Morgan fingerprint density at radius 3 is 2.80 bits per heavy atom. The summed E-state index contributed by atoms with van der Waals surface area (Å²) < 4.78 is 6.63. The smallest absolute Gasteiger partial charge is 0.273 e. The van der Waals surface area contributed by atoms with Gasteiger partial charge in [-0.2, -0.15) is 0 Å². The van der Waals surface area contributed by atoms with Gasteiger partial charge in [0.25, 0.3) is 5.69 Å². The van der Waals surface area contributed by atoms with Crippen LogP contribution in [0.5, 0.6) is 5.75 Å². The maximum atomic E-state index is 10.5. The van der Waals surface area contributed by atoms with Crippen molar-refractivity contribution in [2.45, 2.75) is 0 Å². The maximum absolute atomic E-state index is 10.5. The number of rotatable bonds is 4. The van der Waals surface area contributed by atoms with Crippen molar-refractivity contribution in [3.63, 3.8) is 0 Å². The van der Waals surface area contributed by atoms with Crippen LogP contribution < -0.4 is 4.74 Å². The molecule has 0 aliphatic rings. The van der Waals surface area contributed by atoms with Crippen molar-refractivity contribution >= 4 is 37.5 Å². The standard InChI is InChI=1S/C9H7Br2NO3/c1-6(10)5-15-9-4-7(12(13)14)2-3-8(9)11/h2-4H,1,5H2. The Balaban J connectivity index is 2.90. The van der Waals surface area contributed by atoms with E-state index in [9.17, 15) is 10.1 Å². The second-order valence-electron chi connectivity index (χ2n) is 2.68. The lowest BCUT2D eigenvalue weighted by Gasteiger charge is -2.06. The summed E-state index contributed by atoms with van der Waals surface area (Å²) in [6, 6.07) is 4.34. The fraction of sp³-hybridized carbons (Fsp3) is 0.111. The zero-order chi connectivity index (χ0) is 11.4. The van der Waals surface area contributed by atoms with Gasteiger partial charge in [0, 0.05) is 10.5 Å². The average Bonchev–Trinajstić information content (AvgIpc) is 2.16. The molecule has 0 unspecified atom stereocenters. The summed E-state index contributed by atoms with van der Waals surface area (Å²) in [5.74, 6) is 0.421. The molecule has 0 N–H and O–H groups in total. The van der Waals surface area contributed by atoms with Crippen LogP contribution in [0.3, 0.4) is 0 Å². The van der Waals surface area contributed by atoms with Crippen LogP contribution in [0.4, 0.5) is 5.69 Å². The van der Waals surface area contributed by atoms with Crippen LogP contribution in [0.2, 0.25) is 0 Å². The number of nitro benzene ring substituents is 1. The number of hydrogen-bond acceptors (Lipinski definition) is 3. The second-order valence-corrected chi connectivity index (χ2v) is 4.65. The molecule has 0 heterocycles. The third kappa shape index (κ3) is 3.64. The molecule has 1 aromatic carbocycles. The van der Waals surface area contributed by atoms with Gasteiger partial charge in [-0.15, -0.1) is 0 Å². The molecule has 0 bridgehead atoms. The van der Waals surface area contributed by atoms with Gasteiger partial charge in [0.2, 0.25) is 0 Å². The van der Waals surface area contributed by atoms with Crippen molar-refractivity contribution in [2.75, 3.05) is 6.61 Å². The molecule has 0 amide bonds. The van der Waals surface area contributed by atoms with E-state index in [0.717, 1.165) is 0 Å². The van der Waals surface area contributed by atoms with Crippen molar-refractivity contribution < 1.29 is 9.66 Å². The molecule has 0 atom stereocenters. The molecule has 1 rings (SSSR count). The topological polar surface area (TPSA) is 52.4 Å². The van der Waals surface area contributed by atoms with E-state index in [1.165, 1.54) is 12.1 Å². The fourth-order valence-corrected chi connectivity index (χ4v) is 1.35. The molecular formula is C9H7Br2NO3. The van der Waals surface area contributed by atoms with Crippen LogP contribution >= 0.6 is 31.9 Å². The molecule has 0 saturated carbocycles. The largest absolute Gasteiger partial charge is 0.487 e. The van der Waals surface area contributed by atoms with Crippen molar-refractivity contribution in [3.8, 4) is 5.75 Å². The van der Waals surface area contributed by atoms with Crippen LogP contribution in [0.1, 0.15) is 0 Å². The summed E-state index contributed by atoms with van der Waals surface area (Å²) in [4.78, 5) is 10.0. The number of hydrogen-bond donors (Lipinski definition) is 0. The Bertz CT molecular complexity index is 406. The lowest BCUT2D eigenvalue weighted by molar-refractivity contribution is -0.384. The Morgan fingerprint density at radius 2 is 2.27 bits per heavy atom. The molecule has 0 aliphatic carbocycles. The second kappa shape index (κ2) is 5.27. The van der Waals surface area contributed by atoms with Gasteiger partial charge in [0.05, 0.1) is 15.5 Å². The maximum Gasteiger partial charge on any atom is 0.273 e. The Morgan fingerprint density at radius 1 is 1.60 bits per heavy atom. The summed E-state index contributed by atoms with van der Waals surface area (Å²) in [5.41, 5.74) is -0.00613. The summed E-state index contributed by atoms with van der Waals surface area (Å²) in [6.45, 7) is 3.86. The van der Waals surface area contributed by atoms with Crippen molar-refractivity contribution in [3.05, 3.63) is 43.8 Å². The molecule has 6 heteroatoms. The van der Waals surface area contributed by atoms with Crippen LogP contribution in [0, 0.1) is 10.1 Å². The average molecular weight is 337 g/mol. The first-order chi connectivity index (χ1) is 7.00. The third-order valence-electron chi connectivity index (χ3n) is 1.51. The number of non-ortho nitro benzene ring substituents is 1. The number of nitrogens with zero attached hydrogens (tertiary/aromatic N) is 1. The van der Waals surface area contributed by atoms with Gasteiger partial charge in [-0.3, -0.25) is 10.1 Å². The molecule has 0 spiro atoms. The summed E-state index contributed by atoms with van der Waals surface area (Å²) in [6.07, 6.45) is 0. The first-order valence-electron chi connectivity index (χ1n) is 3.90. The van der Waals surface area contributed by atoms with Crippen LogP contribution in [0.15, 0.2) is 33.7 Å². The number of ether oxygens (including phenoxy) is 1. The van der Waals surface area contributed by atoms with E-state index in [2.05, 4.69) is 38.4 Å². The SMILES string of the molecule is C=C(Br)COc1cc([N+](=O)[O-])ccc1Br. The fourth-order valence-electron chi connectivity index (χ4n) is 0.872. The molecule has 0 aromatic heterocycles. The van der Waals surface area contributed by atoms with E-state index in [1.807, 2.05) is 0 Å². The van der Waals surface area contributed by atoms with E-state index in [0.29, 0.717) is 14.7 Å². The lowest BCUT2D eigenvalue weighted by Crippen LogP contribution is -1.97. The minimum absolute atomic E-state index is 0.00613. The van der Waals surface area contributed by atoms with E-state index >= 15 is 0 Å². The molecule has 0 aliphatic heterocycles. The van der Waals surface area contributed by atoms with E-state index < -0.39 is 4.92 Å². The minimum atomic E-state index is -0.470. The van der Waals surface area contributed by atoms with Gasteiger partial charge in [-0.1, -0.05) is 22.5 Å². The van der Waals surface area contributed by atoms with Gasteiger partial charge in [-0.25, -0.2) is 0 Å². The molecule has 0 fully saturated rings. The molecular weight excluding hydrogens is 330 g/mol. The molecule has 80 valence electrons. The number of halogens is 2. The predicted molar refractivity (Wildman–Crippen MR) is 64.4 cm³/mol. The van der Waals surface area contributed by atoms with Gasteiger partial charge in [0.1, 0.15) is 12.4 Å². The highest BCUT2D eigenvalue weighted by Crippen LogP contribution is 2.29. The first kappa shape index (κ1) is 12.2. The van der Waals surface area contributed by atoms with Crippen molar-refractivity contribution in [1.82, 2.24) is 0 Å². The normalized spacial score (nSPS) is 9.73. The Hall–Kier alpha value is -0.880. The quantitative estimate of drug-likeness (QED) is 0.623. The Kier molecular flexibility index (Phi) is 4.28. The molecule has 0 radical (unpaired) electrons. The summed E-state index contributed by atoms with van der Waals surface area (Å²) >= 11 is 6.37. The first-order valence-corrected chi connectivity index (χ1v) is 5.49. The van der Waals surface area contributed by atoms with Crippen molar-refractivity contribution in [2.24, 2.45) is 0 Å². The molecule has 1 aromatic rings. The molecule has 4 nitrogen and oxygen atoms in total. The zero-order valence-electron chi connectivity index (χ0n) is 7.57. The number of nitro groups is 1. The monoisotopic (exact) mass is 335 g/mol. The molecule has 15 heavy (non-hydrogen) atoms. The van der Waals surface area contributed by atoms with Gasteiger partial charge >= 0.3 is 0 Å². The van der Waals surface area contributed by atoms with Crippen LogP contribution in [-0.2, 0) is 0 Å².